The van der Waals surface area contributed by atoms with Crippen molar-refractivity contribution in [2.24, 2.45) is 0 Å². The summed E-state index contributed by atoms with van der Waals surface area (Å²) in [5.74, 6) is 0.750. The molecule has 1 aromatic rings. The van der Waals surface area contributed by atoms with Crippen molar-refractivity contribution >= 4 is 0 Å². The van der Waals surface area contributed by atoms with Crippen LogP contribution in [0, 0.1) is 6.92 Å². The molecular weight excluding hydrogens is 170 g/mol. The van der Waals surface area contributed by atoms with E-state index in [0.717, 1.165) is 18.9 Å². The minimum atomic E-state index is 0.750. The van der Waals surface area contributed by atoms with Crippen molar-refractivity contribution in [1.29, 1.82) is 0 Å². The van der Waals surface area contributed by atoms with Gasteiger partial charge in [0.15, 0.2) is 0 Å². The van der Waals surface area contributed by atoms with E-state index in [1.807, 2.05) is 0 Å². The predicted molar refractivity (Wildman–Crippen MR) is 60.8 cm³/mol. The molecule has 76 valence electrons. The minimum absolute atomic E-state index is 0.750. The molecule has 1 heteroatoms. The largest absolute Gasteiger partial charge is 0.316 e. The summed E-state index contributed by atoms with van der Waals surface area (Å²) in [6.45, 7) is 6.79. The maximum Gasteiger partial charge on any atom is 0.00206 e. The van der Waals surface area contributed by atoms with Gasteiger partial charge in [0.2, 0.25) is 0 Å². The fourth-order valence-electron chi connectivity index (χ4n) is 2.31. The van der Waals surface area contributed by atoms with Gasteiger partial charge in [0.05, 0.1) is 0 Å². The van der Waals surface area contributed by atoms with Crippen LogP contribution in [0.5, 0.6) is 0 Å². The second kappa shape index (κ2) is 4.14. The lowest BCUT2D eigenvalue weighted by Crippen LogP contribution is -2.08. The normalized spacial score (nSPS) is 21.4. The van der Waals surface area contributed by atoms with Crippen LogP contribution < -0.4 is 5.32 Å². The Balaban J connectivity index is 2.23. The molecule has 0 saturated carbocycles. The first-order valence-electron chi connectivity index (χ1n) is 5.61. The Morgan fingerprint density at radius 3 is 2.86 bits per heavy atom. The van der Waals surface area contributed by atoms with E-state index in [-0.39, 0.29) is 0 Å². The van der Waals surface area contributed by atoms with Gasteiger partial charge in [-0.05, 0) is 48.9 Å². The van der Waals surface area contributed by atoms with Gasteiger partial charge in [-0.3, -0.25) is 0 Å². The Labute approximate surface area is 86.5 Å². The summed E-state index contributed by atoms with van der Waals surface area (Å²) in [6.07, 6.45) is 2.44. The number of hydrogen-bond acceptors (Lipinski definition) is 1. The van der Waals surface area contributed by atoms with E-state index in [0.29, 0.717) is 0 Å². The van der Waals surface area contributed by atoms with Crippen LogP contribution in [-0.2, 0) is 6.42 Å². The maximum atomic E-state index is 3.42. The van der Waals surface area contributed by atoms with Gasteiger partial charge >= 0.3 is 0 Å². The van der Waals surface area contributed by atoms with Crippen molar-refractivity contribution in [3.63, 3.8) is 0 Å². The monoisotopic (exact) mass is 189 g/mol. The Hall–Kier alpha value is -0.820. The van der Waals surface area contributed by atoms with Gasteiger partial charge < -0.3 is 5.32 Å². The molecule has 1 saturated heterocycles. The van der Waals surface area contributed by atoms with Crippen molar-refractivity contribution in [2.75, 3.05) is 13.1 Å². The third kappa shape index (κ3) is 1.83. The molecule has 1 aromatic carbocycles. The highest BCUT2D eigenvalue weighted by Gasteiger charge is 2.16. The number of nitrogens with one attached hydrogen (secondary N) is 1. The quantitative estimate of drug-likeness (QED) is 0.754. The van der Waals surface area contributed by atoms with Gasteiger partial charge in [0, 0.05) is 6.54 Å². The number of aryl methyl sites for hydroxylation is 2. The molecule has 1 aliphatic heterocycles. The third-order valence-electron chi connectivity index (χ3n) is 3.28. The highest BCUT2D eigenvalue weighted by Crippen LogP contribution is 2.24. The molecule has 1 N–H and O–H groups in total. The fraction of sp³-hybridized carbons (Fsp3) is 0.538. The van der Waals surface area contributed by atoms with Crippen LogP contribution in [0.1, 0.15) is 36.0 Å². The van der Waals surface area contributed by atoms with Crippen molar-refractivity contribution in [2.45, 2.75) is 32.6 Å². The van der Waals surface area contributed by atoms with Crippen LogP contribution >= 0.6 is 0 Å². The summed E-state index contributed by atoms with van der Waals surface area (Å²) in [6, 6.07) is 6.98. The number of hydrogen-bond donors (Lipinski definition) is 1. The molecule has 0 amide bonds. The predicted octanol–water partition coefficient (Wildman–Crippen LogP) is 2.63. The van der Waals surface area contributed by atoms with Gasteiger partial charge in [0.25, 0.3) is 0 Å². The van der Waals surface area contributed by atoms with E-state index >= 15 is 0 Å². The SMILES string of the molecule is CCc1ccc(C2CCNC2)cc1C. The smallest absolute Gasteiger partial charge is 0.00206 e. The molecule has 0 radical (unpaired) electrons. The van der Waals surface area contributed by atoms with Crippen molar-refractivity contribution < 1.29 is 0 Å². The van der Waals surface area contributed by atoms with E-state index in [9.17, 15) is 0 Å². The average Bonchev–Trinajstić information content (AvgIpc) is 2.70. The van der Waals surface area contributed by atoms with Gasteiger partial charge in [-0.15, -0.1) is 0 Å². The molecule has 0 aliphatic carbocycles. The number of rotatable bonds is 2. The molecular formula is C13H19N. The molecule has 2 rings (SSSR count). The second-order valence-electron chi connectivity index (χ2n) is 4.23. The van der Waals surface area contributed by atoms with Crippen molar-refractivity contribution in [3.8, 4) is 0 Å². The lowest BCUT2D eigenvalue weighted by Gasteiger charge is -2.11. The topological polar surface area (TPSA) is 12.0 Å². The first-order chi connectivity index (χ1) is 6.81. The zero-order valence-electron chi connectivity index (χ0n) is 9.14. The van der Waals surface area contributed by atoms with Gasteiger partial charge in [-0.25, -0.2) is 0 Å². The number of benzene rings is 1. The zero-order valence-corrected chi connectivity index (χ0v) is 9.14. The van der Waals surface area contributed by atoms with E-state index in [4.69, 9.17) is 0 Å². The summed E-state index contributed by atoms with van der Waals surface area (Å²) >= 11 is 0. The van der Waals surface area contributed by atoms with E-state index in [2.05, 4.69) is 37.4 Å². The van der Waals surface area contributed by atoms with E-state index in [1.165, 1.54) is 29.7 Å². The summed E-state index contributed by atoms with van der Waals surface area (Å²) in [5, 5.41) is 3.42. The van der Waals surface area contributed by atoms with E-state index in [1.54, 1.807) is 0 Å². The van der Waals surface area contributed by atoms with Crippen LogP contribution in [0.15, 0.2) is 18.2 Å². The summed E-state index contributed by atoms with van der Waals surface area (Å²) in [7, 11) is 0. The zero-order chi connectivity index (χ0) is 9.97. The average molecular weight is 189 g/mol. The van der Waals surface area contributed by atoms with Crippen LogP contribution in [0.25, 0.3) is 0 Å². The third-order valence-corrected chi connectivity index (χ3v) is 3.28. The minimum Gasteiger partial charge on any atom is -0.316 e. The van der Waals surface area contributed by atoms with Crippen molar-refractivity contribution in [3.05, 3.63) is 34.9 Å². The standard InChI is InChI=1S/C13H19N/c1-3-11-4-5-12(8-10(11)2)13-6-7-14-9-13/h4-5,8,13-14H,3,6-7,9H2,1-2H3. The Morgan fingerprint density at radius 1 is 1.43 bits per heavy atom. The molecule has 14 heavy (non-hydrogen) atoms. The summed E-state index contributed by atoms with van der Waals surface area (Å²) in [4.78, 5) is 0. The maximum absolute atomic E-state index is 3.42. The lowest BCUT2D eigenvalue weighted by atomic mass is 9.94. The molecule has 0 spiro atoms. The molecule has 1 atom stereocenters. The fourth-order valence-corrected chi connectivity index (χ4v) is 2.31. The van der Waals surface area contributed by atoms with Gasteiger partial charge in [-0.2, -0.15) is 0 Å². The second-order valence-corrected chi connectivity index (χ2v) is 4.23. The summed E-state index contributed by atoms with van der Waals surface area (Å²) < 4.78 is 0. The van der Waals surface area contributed by atoms with Crippen LogP contribution in [0.4, 0.5) is 0 Å². The first-order valence-corrected chi connectivity index (χ1v) is 5.61. The van der Waals surface area contributed by atoms with Crippen LogP contribution in [0.2, 0.25) is 0 Å². The first kappa shape index (κ1) is 9.72. The van der Waals surface area contributed by atoms with Crippen LogP contribution in [0.3, 0.4) is 0 Å². The summed E-state index contributed by atoms with van der Waals surface area (Å²) in [5.41, 5.74) is 4.46. The highest BCUT2D eigenvalue weighted by atomic mass is 14.9. The van der Waals surface area contributed by atoms with Gasteiger partial charge in [0.1, 0.15) is 0 Å². The van der Waals surface area contributed by atoms with Crippen molar-refractivity contribution in [1.82, 2.24) is 5.32 Å². The van der Waals surface area contributed by atoms with E-state index < -0.39 is 0 Å². The molecule has 1 nitrogen and oxygen atoms in total. The Morgan fingerprint density at radius 2 is 2.29 bits per heavy atom. The molecule has 0 bridgehead atoms. The van der Waals surface area contributed by atoms with Gasteiger partial charge in [-0.1, -0.05) is 25.1 Å². The molecule has 1 heterocycles. The lowest BCUT2D eigenvalue weighted by molar-refractivity contribution is 0.761. The molecule has 1 fully saturated rings. The Kier molecular flexibility index (Phi) is 2.87. The molecule has 1 aliphatic rings. The molecule has 0 aromatic heterocycles. The van der Waals surface area contributed by atoms with Crippen LogP contribution in [-0.4, -0.2) is 13.1 Å². The highest BCUT2D eigenvalue weighted by molar-refractivity contribution is 5.33. The molecule has 1 unspecified atom stereocenters. The Bertz CT molecular complexity index is 311.